The third-order valence-corrected chi connectivity index (χ3v) is 3.59. The van der Waals surface area contributed by atoms with Crippen molar-refractivity contribution in [3.05, 3.63) is 24.9 Å². The highest BCUT2D eigenvalue weighted by Gasteiger charge is 2.14. The van der Waals surface area contributed by atoms with E-state index < -0.39 is 0 Å². The van der Waals surface area contributed by atoms with Crippen molar-refractivity contribution in [2.75, 3.05) is 6.54 Å². The van der Waals surface area contributed by atoms with E-state index in [0.717, 1.165) is 17.8 Å². The zero-order valence-electron chi connectivity index (χ0n) is 10.7. The summed E-state index contributed by atoms with van der Waals surface area (Å²) in [6, 6.07) is 0.675. The molecule has 0 radical (unpaired) electrons. The van der Waals surface area contributed by atoms with Gasteiger partial charge in [0.1, 0.15) is 0 Å². The number of nitrogens with one attached hydrogen (secondary N) is 1. The van der Waals surface area contributed by atoms with Crippen molar-refractivity contribution in [2.24, 2.45) is 7.05 Å². The van der Waals surface area contributed by atoms with E-state index in [9.17, 15) is 0 Å². The molecule has 0 saturated carbocycles. The Balaban J connectivity index is 1.71. The van der Waals surface area contributed by atoms with Crippen LogP contribution in [0.4, 0.5) is 0 Å². The summed E-state index contributed by atoms with van der Waals surface area (Å²) >= 11 is 0. The van der Waals surface area contributed by atoms with Crippen LogP contribution in [0.1, 0.15) is 19.3 Å². The monoisotopic (exact) mass is 245 g/mol. The largest absolute Gasteiger partial charge is 0.330 e. The van der Waals surface area contributed by atoms with Crippen LogP contribution in [0, 0.1) is 0 Å². The second kappa shape index (κ2) is 4.94. The summed E-state index contributed by atoms with van der Waals surface area (Å²) in [5, 5.41) is 7.75. The third kappa shape index (κ3) is 2.31. The van der Waals surface area contributed by atoms with Gasteiger partial charge in [-0.2, -0.15) is 5.10 Å². The highest BCUT2D eigenvalue weighted by Crippen LogP contribution is 2.19. The molecule has 0 amide bonds. The Bertz CT molecular complexity index is 507. The highest BCUT2D eigenvalue weighted by atomic mass is 15.2. The lowest BCUT2D eigenvalue weighted by Gasteiger charge is -2.11. The summed E-state index contributed by atoms with van der Waals surface area (Å²) in [6.45, 7) is 2.19. The molecule has 1 N–H and O–H groups in total. The normalized spacial score (nSPS) is 19.5. The molecule has 1 unspecified atom stereocenters. The van der Waals surface area contributed by atoms with Gasteiger partial charge in [0.25, 0.3) is 0 Å². The molecule has 3 heterocycles. The number of aromatic nitrogens is 4. The zero-order valence-corrected chi connectivity index (χ0v) is 10.7. The molecule has 1 saturated heterocycles. The maximum Gasteiger partial charge on any atom is 0.0950 e. The topological polar surface area (TPSA) is 47.7 Å². The first-order valence-electron chi connectivity index (χ1n) is 6.55. The summed E-state index contributed by atoms with van der Waals surface area (Å²) in [4.78, 5) is 4.26. The second-order valence-corrected chi connectivity index (χ2v) is 4.96. The van der Waals surface area contributed by atoms with Gasteiger partial charge in [0, 0.05) is 31.4 Å². The molecular formula is C13H19N5. The number of nitrogens with zero attached hydrogens (tertiary/aromatic N) is 4. The van der Waals surface area contributed by atoms with E-state index in [2.05, 4.69) is 20.0 Å². The van der Waals surface area contributed by atoms with Gasteiger partial charge in [0.2, 0.25) is 0 Å². The lowest BCUT2D eigenvalue weighted by molar-refractivity contribution is 0.507. The number of aryl methyl sites for hydroxylation is 2. The number of imidazole rings is 1. The molecule has 18 heavy (non-hydrogen) atoms. The van der Waals surface area contributed by atoms with Crippen LogP contribution in [-0.2, 0) is 13.6 Å². The molecule has 0 bridgehead atoms. The summed E-state index contributed by atoms with van der Waals surface area (Å²) in [6.07, 6.45) is 11.5. The van der Waals surface area contributed by atoms with Gasteiger partial charge >= 0.3 is 0 Å². The van der Waals surface area contributed by atoms with E-state index >= 15 is 0 Å². The highest BCUT2D eigenvalue weighted by molar-refractivity contribution is 5.56. The van der Waals surface area contributed by atoms with E-state index in [0.29, 0.717) is 6.04 Å². The van der Waals surface area contributed by atoms with Gasteiger partial charge in [-0.05, 0) is 25.8 Å². The van der Waals surface area contributed by atoms with Gasteiger partial charge in [0.15, 0.2) is 0 Å². The molecular weight excluding hydrogens is 226 g/mol. The van der Waals surface area contributed by atoms with Crippen LogP contribution in [0.15, 0.2) is 24.9 Å². The predicted octanol–water partition coefficient (Wildman–Crippen LogP) is 1.43. The minimum Gasteiger partial charge on any atom is -0.330 e. The van der Waals surface area contributed by atoms with Crippen molar-refractivity contribution in [3.63, 3.8) is 0 Å². The van der Waals surface area contributed by atoms with Gasteiger partial charge in [-0.1, -0.05) is 0 Å². The smallest absolute Gasteiger partial charge is 0.0950 e. The first-order valence-corrected chi connectivity index (χ1v) is 6.55. The molecule has 96 valence electrons. The van der Waals surface area contributed by atoms with Crippen molar-refractivity contribution >= 4 is 0 Å². The zero-order chi connectivity index (χ0) is 12.4. The Labute approximate surface area is 107 Å². The van der Waals surface area contributed by atoms with Crippen molar-refractivity contribution in [3.8, 4) is 11.3 Å². The second-order valence-electron chi connectivity index (χ2n) is 4.96. The summed E-state index contributed by atoms with van der Waals surface area (Å²) < 4.78 is 4.04. The first kappa shape index (κ1) is 11.5. The lowest BCUT2D eigenvalue weighted by Crippen LogP contribution is -2.22. The molecule has 1 atom stereocenters. The van der Waals surface area contributed by atoms with Crippen LogP contribution in [0.2, 0.25) is 0 Å². The molecule has 2 aromatic heterocycles. The third-order valence-electron chi connectivity index (χ3n) is 3.59. The van der Waals surface area contributed by atoms with Crippen LogP contribution < -0.4 is 5.32 Å². The number of hydrogen-bond donors (Lipinski definition) is 1. The fourth-order valence-corrected chi connectivity index (χ4v) is 2.59. The molecule has 5 nitrogen and oxygen atoms in total. The average molecular weight is 245 g/mol. The van der Waals surface area contributed by atoms with Gasteiger partial charge in [0.05, 0.1) is 24.4 Å². The quantitative estimate of drug-likeness (QED) is 0.886. The van der Waals surface area contributed by atoms with Crippen molar-refractivity contribution in [2.45, 2.75) is 31.8 Å². The Morgan fingerprint density at radius 3 is 3.11 bits per heavy atom. The van der Waals surface area contributed by atoms with Crippen molar-refractivity contribution in [1.82, 2.24) is 24.6 Å². The fraction of sp³-hybridized carbons (Fsp3) is 0.538. The Hall–Kier alpha value is -1.62. The Morgan fingerprint density at radius 2 is 2.39 bits per heavy atom. The SMILES string of the molecule is Cn1cc(-c2cncn2CCC2CCCN2)cn1. The van der Waals surface area contributed by atoms with Gasteiger partial charge in [-0.15, -0.1) is 0 Å². The first-order chi connectivity index (χ1) is 8.83. The van der Waals surface area contributed by atoms with Crippen LogP contribution in [0.5, 0.6) is 0 Å². The molecule has 2 aromatic rings. The van der Waals surface area contributed by atoms with E-state index in [4.69, 9.17) is 0 Å². The Kier molecular flexibility index (Phi) is 3.15. The molecule has 1 fully saturated rings. The minimum atomic E-state index is 0.675. The average Bonchev–Trinajstić information content (AvgIpc) is 3.07. The number of hydrogen-bond acceptors (Lipinski definition) is 3. The van der Waals surface area contributed by atoms with Gasteiger partial charge < -0.3 is 9.88 Å². The van der Waals surface area contributed by atoms with E-state index in [-0.39, 0.29) is 0 Å². The van der Waals surface area contributed by atoms with E-state index in [1.54, 1.807) is 0 Å². The predicted molar refractivity (Wildman–Crippen MR) is 70.1 cm³/mol. The maximum atomic E-state index is 4.26. The standard InChI is InChI=1S/C13H19N5/c1-17-9-11(7-16-17)13-8-14-10-18(13)6-4-12-3-2-5-15-12/h7-10,12,15H,2-6H2,1H3. The fourth-order valence-electron chi connectivity index (χ4n) is 2.59. The molecule has 0 aliphatic carbocycles. The van der Waals surface area contributed by atoms with Crippen LogP contribution in [0.3, 0.4) is 0 Å². The van der Waals surface area contributed by atoms with Crippen LogP contribution in [-0.4, -0.2) is 31.9 Å². The number of rotatable bonds is 4. The molecule has 5 heteroatoms. The Morgan fingerprint density at radius 1 is 1.44 bits per heavy atom. The van der Waals surface area contributed by atoms with Crippen LogP contribution >= 0.6 is 0 Å². The summed E-state index contributed by atoms with van der Waals surface area (Å²) in [7, 11) is 1.94. The van der Waals surface area contributed by atoms with Gasteiger partial charge in [-0.3, -0.25) is 4.68 Å². The molecule has 3 rings (SSSR count). The van der Waals surface area contributed by atoms with E-state index in [1.165, 1.54) is 25.8 Å². The molecule has 0 spiro atoms. The summed E-state index contributed by atoms with van der Waals surface area (Å²) in [5.41, 5.74) is 2.29. The lowest BCUT2D eigenvalue weighted by atomic mass is 10.1. The molecule has 1 aliphatic rings. The molecule has 1 aliphatic heterocycles. The maximum absolute atomic E-state index is 4.26. The van der Waals surface area contributed by atoms with Gasteiger partial charge in [-0.25, -0.2) is 4.98 Å². The molecule has 0 aromatic carbocycles. The van der Waals surface area contributed by atoms with Crippen molar-refractivity contribution < 1.29 is 0 Å². The van der Waals surface area contributed by atoms with Crippen LogP contribution in [0.25, 0.3) is 11.3 Å². The van der Waals surface area contributed by atoms with Crippen molar-refractivity contribution in [1.29, 1.82) is 0 Å². The summed E-state index contributed by atoms with van der Waals surface area (Å²) in [5.74, 6) is 0. The minimum absolute atomic E-state index is 0.675. The van der Waals surface area contributed by atoms with E-state index in [1.807, 2.05) is 36.6 Å².